The lowest BCUT2D eigenvalue weighted by Gasteiger charge is -2.54. The van der Waals surface area contributed by atoms with Crippen LogP contribution in [0.2, 0.25) is 0 Å². The summed E-state index contributed by atoms with van der Waals surface area (Å²) in [6.07, 6.45) is 1.19. The Morgan fingerprint density at radius 3 is 2.96 bits per heavy atom. The normalized spacial score (nSPS) is 27.7. The summed E-state index contributed by atoms with van der Waals surface area (Å²) >= 11 is 0. The highest BCUT2D eigenvalue weighted by molar-refractivity contribution is 5.95. The van der Waals surface area contributed by atoms with Crippen LogP contribution in [-0.2, 0) is 9.53 Å². The Morgan fingerprint density at radius 1 is 1.43 bits per heavy atom. The number of rotatable bonds is 5. The van der Waals surface area contributed by atoms with Crippen LogP contribution in [-0.4, -0.2) is 42.3 Å². The Balaban J connectivity index is 1.66. The van der Waals surface area contributed by atoms with Gasteiger partial charge in [0.15, 0.2) is 6.61 Å². The zero-order chi connectivity index (χ0) is 16.6. The molecule has 124 valence electrons. The minimum atomic E-state index is -1.05. The van der Waals surface area contributed by atoms with Gasteiger partial charge in [-0.25, -0.2) is 4.79 Å². The highest BCUT2D eigenvalue weighted by Gasteiger charge is 2.59. The van der Waals surface area contributed by atoms with Crippen LogP contribution in [0.25, 0.3) is 0 Å². The molecule has 0 aromatic heterocycles. The molecule has 6 nitrogen and oxygen atoms in total. The molecule has 0 bridgehead atoms. The average molecular weight is 319 g/mol. The molecule has 2 N–H and O–H groups in total. The number of nitrogens with one attached hydrogen (secondary N) is 1. The van der Waals surface area contributed by atoms with Gasteiger partial charge in [-0.3, -0.25) is 4.79 Å². The second kappa shape index (κ2) is 5.85. The van der Waals surface area contributed by atoms with Crippen molar-refractivity contribution in [3.63, 3.8) is 0 Å². The molecule has 0 radical (unpaired) electrons. The number of carbonyl (C=O) groups is 2. The lowest BCUT2D eigenvalue weighted by molar-refractivity contribution is -0.139. The molecule has 23 heavy (non-hydrogen) atoms. The minimum absolute atomic E-state index is 0.0752. The van der Waals surface area contributed by atoms with Gasteiger partial charge in [0.2, 0.25) is 0 Å². The van der Waals surface area contributed by atoms with E-state index in [1.54, 1.807) is 24.3 Å². The van der Waals surface area contributed by atoms with Crippen LogP contribution in [0.4, 0.5) is 0 Å². The maximum absolute atomic E-state index is 12.5. The van der Waals surface area contributed by atoms with E-state index in [9.17, 15) is 9.59 Å². The van der Waals surface area contributed by atoms with Crippen molar-refractivity contribution in [2.45, 2.75) is 32.4 Å². The topological polar surface area (TPSA) is 84.9 Å². The standard InChI is InChI=1S/C17H21NO5/c1-17(2)14(12-6-7-22-15(12)17)18-16(21)10-4-3-5-11(8-10)23-9-13(19)20/h3-5,8,12,14-15H,6-7,9H2,1-2H3,(H,18,21)(H,19,20). The number of amides is 1. The Labute approximate surface area is 134 Å². The second-order valence-electron chi connectivity index (χ2n) is 6.73. The molecule has 1 aromatic carbocycles. The van der Waals surface area contributed by atoms with Crippen molar-refractivity contribution < 1.29 is 24.2 Å². The fraction of sp³-hybridized carbons (Fsp3) is 0.529. The molecule has 3 unspecified atom stereocenters. The summed E-state index contributed by atoms with van der Waals surface area (Å²) in [7, 11) is 0. The zero-order valence-electron chi connectivity index (χ0n) is 13.2. The SMILES string of the molecule is CC1(C)C(NC(=O)c2cccc(OCC(=O)O)c2)C2CCOC21. The van der Waals surface area contributed by atoms with Crippen LogP contribution in [0.3, 0.4) is 0 Å². The second-order valence-corrected chi connectivity index (χ2v) is 6.73. The maximum atomic E-state index is 12.5. The van der Waals surface area contributed by atoms with Gasteiger partial charge in [-0.15, -0.1) is 0 Å². The molecule has 2 fully saturated rings. The Bertz CT molecular complexity index is 627. The number of hydrogen-bond donors (Lipinski definition) is 2. The molecule has 1 amide bonds. The van der Waals surface area contributed by atoms with E-state index >= 15 is 0 Å². The first-order valence-corrected chi connectivity index (χ1v) is 7.76. The molecular weight excluding hydrogens is 298 g/mol. The van der Waals surface area contributed by atoms with E-state index < -0.39 is 12.6 Å². The number of fused-ring (bicyclic) bond motifs is 1. The fourth-order valence-corrected chi connectivity index (χ4v) is 3.71. The van der Waals surface area contributed by atoms with Gasteiger partial charge in [-0.1, -0.05) is 19.9 Å². The monoisotopic (exact) mass is 319 g/mol. The molecular formula is C17H21NO5. The van der Waals surface area contributed by atoms with Crippen LogP contribution in [0, 0.1) is 11.3 Å². The molecule has 0 spiro atoms. The largest absolute Gasteiger partial charge is 0.482 e. The quantitative estimate of drug-likeness (QED) is 0.863. The third-order valence-corrected chi connectivity index (χ3v) is 4.85. The third kappa shape index (κ3) is 2.91. The first-order chi connectivity index (χ1) is 10.9. The highest BCUT2D eigenvalue weighted by Crippen LogP contribution is 2.52. The molecule has 3 atom stereocenters. The molecule has 1 aliphatic carbocycles. The molecule has 3 rings (SSSR count). The summed E-state index contributed by atoms with van der Waals surface area (Å²) in [6, 6.07) is 6.66. The maximum Gasteiger partial charge on any atom is 0.341 e. The van der Waals surface area contributed by atoms with Crippen molar-refractivity contribution in [2.75, 3.05) is 13.2 Å². The van der Waals surface area contributed by atoms with Gasteiger partial charge < -0.3 is 19.9 Å². The number of carbonyl (C=O) groups excluding carboxylic acids is 1. The van der Waals surface area contributed by atoms with E-state index in [-0.39, 0.29) is 23.5 Å². The van der Waals surface area contributed by atoms with Gasteiger partial charge in [0.25, 0.3) is 5.91 Å². The minimum Gasteiger partial charge on any atom is -0.482 e. The van der Waals surface area contributed by atoms with Crippen molar-refractivity contribution in [1.82, 2.24) is 5.32 Å². The molecule has 1 aliphatic heterocycles. The fourth-order valence-electron chi connectivity index (χ4n) is 3.71. The van der Waals surface area contributed by atoms with Crippen LogP contribution in [0.1, 0.15) is 30.6 Å². The lowest BCUT2D eigenvalue weighted by Crippen LogP contribution is -2.66. The van der Waals surface area contributed by atoms with Gasteiger partial charge in [-0.2, -0.15) is 0 Å². The van der Waals surface area contributed by atoms with Gasteiger partial charge >= 0.3 is 5.97 Å². The number of hydrogen-bond acceptors (Lipinski definition) is 4. The van der Waals surface area contributed by atoms with Gasteiger partial charge in [0, 0.05) is 29.5 Å². The van der Waals surface area contributed by atoms with Crippen LogP contribution >= 0.6 is 0 Å². The van der Waals surface area contributed by atoms with Crippen molar-refractivity contribution >= 4 is 11.9 Å². The molecule has 1 saturated heterocycles. The van der Waals surface area contributed by atoms with Crippen LogP contribution in [0.5, 0.6) is 5.75 Å². The third-order valence-electron chi connectivity index (χ3n) is 4.85. The van der Waals surface area contributed by atoms with Crippen molar-refractivity contribution in [3.05, 3.63) is 29.8 Å². The van der Waals surface area contributed by atoms with E-state index in [0.717, 1.165) is 13.0 Å². The van der Waals surface area contributed by atoms with Crippen molar-refractivity contribution in [2.24, 2.45) is 11.3 Å². The Morgan fingerprint density at radius 2 is 2.22 bits per heavy atom. The van der Waals surface area contributed by atoms with Gasteiger partial charge in [-0.05, 0) is 24.6 Å². The van der Waals surface area contributed by atoms with E-state index in [1.165, 1.54) is 0 Å². The van der Waals surface area contributed by atoms with E-state index in [1.807, 2.05) is 0 Å². The first-order valence-electron chi connectivity index (χ1n) is 7.76. The molecule has 2 aliphatic rings. The first kappa shape index (κ1) is 15.8. The number of aliphatic carboxylic acids is 1. The van der Waals surface area contributed by atoms with Crippen LogP contribution in [0.15, 0.2) is 24.3 Å². The number of carboxylic acids is 1. The Kier molecular flexibility index (Phi) is 4.02. The van der Waals surface area contributed by atoms with E-state index in [2.05, 4.69) is 19.2 Å². The summed E-state index contributed by atoms with van der Waals surface area (Å²) < 4.78 is 10.8. The molecule has 6 heteroatoms. The Hall–Kier alpha value is -2.08. The number of carboxylic acid groups (broad SMARTS) is 1. The zero-order valence-corrected chi connectivity index (χ0v) is 13.2. The highest BCUT2D eigenvalue weighted by atomic mass is 16.5. The van der Waals surface area contributed by atoms with Crippen molar-refractivity contribution in [3.8, 4) is 5.75 Å². The van der Waals surface area contributed by atoms with E-state index in [4.69, 9.17) is 14.6 Å². The summed E-state index contributed by atoms with van der Waals surface area (Å²) in [4.78, 5) is 23.0. The lowest BCUT2D eigenvalue weighted by atomic mass is 9.57. The summed E-state index contributed by atoms with van der Waals surface area (Å²) in [5, 5.41) is 11.7. The van der Waals surface area contributed by atoms with Gasteiger partial charge in [0.05, 0.1) is 6.10 Å². The smallest absolute Gasteiger partial charge is 0.341 e. The molecule has 1 heterocycles. The summed E-state index contributed by atoms with van der Waals surface area (Å²) in [5.41, 5.74) is 0.389. The average Bonchev–Trinajstić information content (AvgIpc) is 2.97. The predicted octanol–water partition coefficient (Wildman–Crippen LogP) is 1.69. The van der Waals surface area contributed by atoms with Crippen LogP contribution < -0.4 is 10.1 Å². The van der Waals surface area contributed by atoms with E-state index in [0.29, 0.717) is 17.2 Å². The predicted molar refractivity (Wildman–Crippen MR) is 82.5 cm³/mol. The number of benzene rings is 1. The summed E-state index contributed by atoms with van der Waals surface area (Å²) in [6.45, 7) is 4.54. The van der Waals surface area contributed by atoms with Gasteiger partial charge in [0.1, 0.15) is 5.75 Å². The molecule has 1 saturated carbocycles. The number of ether oxygens (including phenoxy) is 2. The summed E-state index contributed by atoms with van der Waals surface area (Å²) in [5.74, 6) is -0.479. The molecule has 1 aromatic rings. The van der Waals surface area contributed by atoms with Crippen molar-refractivity contribution in [1.29, 1.82) is 0 Å².